The van der Waals surface area contributed by atoms with Gasteiger partial charge in [0.25, 0.3) is 5.91 Å². The van der Waals surface area contributed by atoms with E-state index in [1.807, 2.05) is 50.4 Å². The second kappa shape index (κ2) is 8.72. The number of esters is 1. The smallest absolute Gasteiger partial charge is 0.306 e. The molecule has 2 aromatic heterocycles. The Bertz CT molecular complexity index is 1010. The highest BCUT2D eigenvalue weighted by molar-refractivity contribution is 5.96. The molecule has 1 N–H and O–H groups in total. The monoisotopic (exact) mass is 395 g/mol. The van der Waals surface area contributed by atoms with Crippen LogP contribution in [-0.2, 0) is 27.8 Å². The van der Waals surface area contributed by atoms with Gasteiger partial charge in [0.15, 0.2) is 6.10 Å². The lowest BCUT2D eigenvalue weighted by molar-refractivity contribution is -0.153. The number of benzene rings is 1. The molecular formula is C21H25N5O3. The number of carbonyl (C=O) groups is 2. The topological polar surface area (TPSA) is 91.0 Å². The number of rotatable bonds is 7. The molecule has 0 radical (unpaired) electrons. The highest BCUT2D eigenvalue weighted by Crippen LogP contribution is 2.19. The van der Waals surface area contributed by atoms with Crippen LogP contribution in [0, 0.1) is 13.8 Å². The van der Waals surface area contributed by atoms with Crippen molar-refractivity contribution in [2.24, 2.45) is 7.05 Å². The Hall–Kier alpha value is -3.42. The lowest BCUT2D eigenvalue weighted by atomic mass is 10.2. The standard InChI is InChI=1S/C21H25N5O3/c1-14-20(15(2)25(4)24-14)23-21(28)16(3)29-19(27)11-10-17-12-22-26(13-17)18-8-6-5-7-9-18/h5-9,12-13,16H,10-11H2,1-4H3,(H,23,28). The van der Waals surface area contributed by atoms with E-state index in [-0.39, 0.29) is 12.3 Å². The van der Waals surface area contributed by atoms with Gasteiger partial charge >= 0.3 is 5.97 Å². The molecule has 1 aromatic carbocycles. The SMILES string of the molecule is Cc1nn(C)c(C)c1NC(=O)C(C)OC(=O)CCc1cnn(-c2ccccc2)c1. The molecule has 0 fully saturated rings. The first-order valence-corrected chi connectivity index (χ1v) is 9.44. The van der Waals surface area contributed by atoms with Crippen LogP contribution in [-0.4, -0.2) is 37.5 Å². The zero-order chi connectivity index (χ0) is 21.0. The zero-order valence-corrected chi connectivity index (χ0v) is 17.0. The Morgan fingerprint density at radius 2 is 1.93 bits per heavy atom. The Kier molecular flexibility index (Phi) is 6.11. The first-order chi connectivity index (χ1) is 13.8. The van der Waals surface area contributed by atoms with Gasteiger partial charge in [0.05, 0.1) is 29.0 Å². The quantitative estimate of drug-likeness (QED) is 0.621. The number of hydrogen-bond acceptors (Lipinski definition) is 5. The average Bonchev–Trinajstić information content (AvgIpc) is 3.27. The van der Waals surface area contributed by atoms with Gasteiger partial charge in [-0.3, -0.25) is 14.3 Å². The molecule has 2 heterocycles. The van der Waals surface area contributed by atoms with Crippen LogP contribution in [0.15, 0.2) is 42.7 Å². The van der Waals surface area contributed by atoms with Crippen molar-refractivity contribution in [1.82, 2.24) is 19.6 Å². The molecule has 29 heavy (non-hydrogen) atoms. The fraction of sp³-hybridized carbons (Fsp3) is 0.333. The first-order valence-electron chi connectivity index (χ1n) is 9.44. The number of carbonyl (C=O) groups excluding carboxylic acids is 2. The maximum Gasteiger partial charge on any atom is 0.306 e. The van der Waals surface area contributed by atoms with Crippen LogP contribution in [0.2, 0.25) is 0 Å². The largest absolute Gasteiger partial charge is 0.453 e. The third-order valence-electron chi connectivity index (χ3n) is 4.71. The summed E-state index contributed by atoms with van der Waals surface area (Å²) >= 11 is 0. The van der Waals surface area contributed by atoms with Crippen LogP contribution in [0.3, 0.4) is 0 Å². The molecule has 0 aliphatic carbocycles. The Balaban J connectivity index is 1.50. The number of para-hydroxylation sites is 1. The van der Waals surface area contributed by atoms with E-state index in [1.165, 1.54) is 0 Å². The first kappa shape index (κ1) is 20.3. The summed E-state index contributed by atoms with van der Waals surface area (Å²) in [5.74, 6) is -0.811. The van der Waals surface area contributed by atoms with Crippen LogP contribution in [0.4, 0.5) is 5.69 Å². The van der Waals surface area contributed by atoms with Gasteiger partial charge in [0.1, 0.15) is 0 Å². The lowest BCUT2D eigenvalue weighted by Gasteiger charge is -2.13. The Morgan fingerprint density at radius 3 is 2.59 bits per heavy atom. The number of aryl methyl sites for hydroxylation is 3. The second-order valence-corrected chi connectivity index (χ2v) is 6.92. The second-order valence-electron chi connectivity index (χ2n) is 6.92. The molecule has 8 heteroatoms. The Labute approximate surface area is 169 Å². The maximum atomic E-state index is 12.4. The zero-order valence-electron chi connectivity index (χ0n) is 17.0. The van der Waals surface area contributed by atoms with Gasteiger partial charge < -0.3 is 10.1 Å². The van der Waals surface area contributed by atoms with Crippen molar-refractivity contribution in [3.05, 3.63) is 59.7 Å². The minimum absolute atomic E-state index is 0.170. The van der Waals surface area contributed by atoms with Crippen molar-refractivity contribution in [3.63, 3.8) is 0 Å². The number of anilines is 1. The van der Waals surface area contributed by atoms with Crippen LogP contribution in [0.25, 0.3) is 5.69 Å². The average molecular weight is 395 g/mol. The lowest BCUT2D eigenvalue weighted by Crippen LogP contribution is -2.30. The number of nitrogens with zero attached hydrogens (tertiary/aromatic N) is 4. The molecule has 1 amide bonds. The molecule has 0 saturated carbocycles. The molecule has 8 nitrogen and oxygen atoms in total. The summed E-state index contributed by atoms with van der Waals surface area (Å²) in [5, 5.41) is 11.4. The number of ether oxygens (including phenoxy) is 1. The van der Waals surface area contributed by atoms with E-state index in [1.54, 1.807) is 29.5 Å². The molecule has 0 aliphatic heterocycles. The van der Waals surface area contributed by atoms with Gasteiger partial charge in [-0.05, 0) is 44.9 Å². The summed E-state index contributed by atoms with van der Waals surface area (Å²) in [6.45, 7) is 5.23. The predicted octanol–water partition coefficient (Wildman–Crippen LogP) is 2.73. The van der Waals surface area contributed by atoms with Gasteiger partial charge in [-0.1, -0.05) is 18.2 Å². The van der Waals surface area contributed by atoms with E-state index in [2.05, 4.69) is 15.5 Å². The van der Waals surface area contributed by atoms with Crippen LogP contribution >= 0.6 is 0 Å². The van der Waals surface area contributed by atoms with Crippen LogP contribution < -0.4 is 5.32 Å². The molecular weight excluding hydrogens is 370 g/mol. The summed E-state index contributed by atoms with van der Waals surface area (Å²) in [7, 11) is 1.81. The van der Waals surface area contributed by atoms with Crippen LogP contribution in [0.5, 0.6) is 0 Å². The molecule has 1 atom stereocenters. The van der Waals surface area contributed by atoms with Gasteiger partial charge in [0, 0.05) is 19.7 Å². The normalized spacial score (nSPS) is 11.9. The molecule has 0 spiro atoms. The van der Waals surface area contributed by atoms with Gasteiger partial charge in [-0.15, -0.1) is 0 Å². The number of nitrogens with one attached hydrogen (secondary N) is 1. The molecule has 0 saturated heterocycles. The molecule has 3 rings (SSSR count). The van der Waals surface area contributed by atoms with Gasteiger partial charge in [-0.2, -0.15) is 10.2 Å². The number of hydrogen-bond donors (Lipinski definition) is 1. The molecule has 1 unspecified atom stereocenters. The summed E-state index contributed by atoms with van der Waals surface area (Å²) in [6.07, 6.45) is 3.37. The summed E-state index contributed by atoms with van der Waals surface area (Å²) in [6, 6.07) is 9.73. The summed E-state index contributed by atoms with van der Waals surface area (Å²) < 4.78 is 8.73. The van der Waals surface area contributed by atoms with E-state index < -0.39 is 12.1 Å². The number of amides is 1. The fourth-order valence-electron chi connectivity index (χ4n) is 2.95. The van der Waals surface area contributed by atoms with E-state index in [9.17, 15) is 9.59 Å². The minimum atomic E-state index is -0.895. The molecule has 0 bridgehead atoms. The predicted molar refractivity (Wildman–Crippen MR) is 109 cm³/mol. The summed E-state index contributed by atoms with van der Waals surface area (Å²) in [5.41, 5.74) is 4.07. The van der Waals surface area contributed by atoms with Crippen molar-refractivity contribution in [2.45, 2.75) is 39.7 Å². The van der Waals surface area contributed by atoms with Crippen molar-refractivity contribution in [1.29, 1.82) is 0 Å². The van der Waals surface area contributed by atoms with E-state index in [0.29, 0.717) is 17.8 Å². The van der Waals surface area contributed by atoms with Crippen molar-refractivity contribution >= 4 is 17.6 Å². The molecule has 3 aromatic rings. The van der Waals surface area contributed by atoms with Crippen molar-refractivity contribution in [3.8, 4) is 5.69 Å². The third-order valence-corrected chi connectivity index (χ3v) is 4.71. The van der Waals surface area contributed by atoms with Gasteiger partial charge in [-0.25, -0.2) is 4.68 Å². The molecule has 0 aliphatic rings. The molecule has 152 valence electrons. The highest BCUT2D eigenvalue weighted by atomic mass is 16.5. The maximum absolute atomic E-state index is 12.4. The Morgan fingerprint density at radius 1 is 1.21 bits per heavy atom. The van der Waals surface area contributed by atoms with E-state index in [4.69, 9.17) is 4.74 Å². The van der Waals surface area contributed by atoms with Crippen LogP contribution in [0.1, 0.15) is 30.3 Å². The van der Waals surface area contributed by atoms with Crippen molar-refractivity contribution < 1.29 is 14.3 Å². The highest BCUT2D eigenvalue weighted by Gasteiger charge is 2.21. The minimum Gasteiger partial charge on any atom is -0.453 e. The van der Waals surface area contributed by atoms with E-state index >= 15 is 0 Å². The summed E-state index contributed by atoms with van der Waals surface area (Å²) in [4.78, 5) is 24.5. The third kappa shape index (κ3) is 4.90. The van der Waals surface area contributed by atoms with Crippen molar-refractivity contribution in [2.75, 3.05) is 5.32 Å². The number of aromatic nitrogens is 4. The van der Waals surface area contributed by atoms with Gasteiger partial charge in [0.2, 0.25) is 0 Å². The fourth-order valence-corrected chi connectivity index (χ4v) is 2.95. The van der Waals surface area contributed by atoms with E-state index in [0.717, 1.165) is 16.9 Å².